The molecule has 1 fully saturated rings. The zero-order valence-electron chi connectivity index (χ0n) is 16.6. The van der Waals surface area contributed by atoms with Gasteiger partial charge in [-0.1, -0.05) is 33.4 Å². The van der Waals surface area contributed by atoms with Crippen LogP contribution in [-0.2, 0) is 11.4 Å². The zero-order chi connectivity index (χ0) is 18.5. The highest BCUT2D eigenvalue weighted by Gasteiger charge is 2.27. The van der Waals surface area contributed by atoms with Gasteiger partial charge in [-0.25, -0.2) is 0 Å². The molecule has 0 aromatic heterocycles. The van der Waals surface area contributed by atoms with Gasteiger partial charge in [0.15, 0.2) is 0 Å². The lowest BCUT2D eigenvalue weighted by Gasteiger charge is -2.29. The molecule has 0 saturated heterocycles. The molecule has 1 aliphatic rings. The van der Waals surface area contributed by atoms with E-state index in [9.17, 15) is 4.55 Å². The van der Waals surface area contributed by atoms with Crippen LogP contribution in [-0.4, -0.2) is 27.3 Å². The molecule has 0 spiro atoms. The van der Waals surface area contributed by atoms with E-state index >= 15 is 0 Å². The van der Waals surface area contributed by atoms with Crippen molar-refractivity contribution < 1.29 is 4.55 Å². The van der Waals surface area contributed by atoms with Gasteiger partial charge in [-0.15, -0.1) is 4.72 Å². The van der Waals surface area contributed by atoms with Crippen LogP contribution in [0.4, 0.5) is 0 Å². The summed E-state index contributed by atoms with van der Waals surface area (Å²) in [5, 5.41) is 0. The summed E-state index contributed by atoms with van der Waals surface area (Å²) in [6, 6.07) is 0. The molecule has 0 amide bonds. The summed E-state index contributed by atoms with van der Waals surface area (Å²) < 4.78 is 15.0. The lowest BCUT2D eigenvalue weighted by molar-refractivity contribution is 0.291. The summed E-state index contributed by atoms with van der Waals surface area (Å²) in [6.07, 6.45) is 8.89. The van der Waals surface area contributed by atoms with Crippen LogP contribution in [0.1, 0.15) is 61.3 Å². The first-order chi connectivity index (χ1) is 10.9. The minimum atomic E-state index is -1.02. The van der Waals surface area contributed by atoms with Crippen LogP contribution in [0.3, 0.4) is 0 Å². The summed E-state index contributed by atoms with van der Waals surface area (Å²) in [4.78, 5) is 2.22. The van der Waals surface area contributed by atoms with Gasteiger partial charge < -0.3 is 9.45 Å². The molecule has 0 aromatic carbocycles. The highest BCUT2D eigenvalue weighted by molar-refractivity contribution is 7.90. The van der Waals surface area contributed by atoms with Gasteiger partial charge in [0.1, 0.15) is 4.75 Å². The van der Waals surface area contributed by atoms with E-state index in [1.165, 1.54) is 24.1 Å². The average molecular weight is 353 g/mol. The Morgan fingerprint density at radius 1 is 1.25 bits per heavy atom. The van der Waals surface area contributed by atoms with E-state index in [-0.39, 0.29) is 10.2 Å². The Morgan fingerprint density at radius 2 is 1.83 bits per heavy atom. The van der Waals surface area contributed by atoms with Crippen LogP contribution in [0.25, 0.3) is 0 Å². The summed E-state index contributed by atoms with van der Waals surface area (Å²) in [5.41, 5.74) is 2.79. The van der Waals surface area contributed by atoms with E-state index in [1.807, 2.05) is 27.0 Å². The fourth-order valence-corrected chi connectivity index (χ4v) is 3.05. The molecule has 24 heavy (non-hydrogen) atoms. The van der Waals surface area contributed by atoms with Crippen molar-refractivity contribution in [2.75, 3.05) is 13.1 Å². The van der Waals surface area contributed by atoms with Crippen molar-refractivity contribution in [1.82, 2.24) is 9.62 Å². The third-order valence-corrected chi connectivity index (χ3v) is 5.39. The molecule has 0 unspecified atom stereocenters. The van der Waals surface area contributed by atoms with Crippen molar-refractivity contribution >= 4 is 11.4 Å². The first-order valence-corrected chi connectivity index (χ1v) is 10.0. The molecule has 0 radical (unpaired) electrons. The number of nitrogens with zero attached hydrogens (tertiary/aromatic N) is 1. The number of hydrogen-bond donors (Lipinski definition) is 1. The molecule has 138 valence electrons. The van der Waals surface area contributed by atoms with E-state index in [2.05, 4.69) is 56.0 Å². The van der Waals surface area contributed by atoms with Crippen molar-refractivity contribution in [2.24, 2.45) is 11.3 Å². The van der Waals surface area contributed by atoms with Gasteiger partial charge in [-0.2, -0.15) is 0 Å². The minimum Gasteiger partial charge on any atom is -0.598 e. The van der Waals surface area contributed by atoms with Gasteiger partial charge in [0.25, 0.3) is 0 Å². The minimum absolute atomic E-state index is 0.220. The first-order valence-electron chi connectivity index (χ1n) is 8.87. The average Bonchev–Trinajstić information content (AvgIpc) is 3.25. The van der Waals surface area contributed by atoms with Crippen LogP contribution in [0, 0.1) is 11.3 Å². The van der Waals surface area contributed by atoms with Gasteiger partial charge in [0, 0.05) is 23.6 Å². The first kappa shape index (κ1) is 21.3. The van der Waals surface area contributed by atoms with Gasteiger partial charge in [0.2, 0.25) is 0 Å². The van der Waals surface area contributed by atoms with Crippen molar-refractivity contribution in [3.63, 3.8) is 0 Å². The second-order valence-corrected chi connectivity index (χ2v) is 10.9. The summed E-state index contributed by atoms with van der Waals surface area (Å²) >= 11 is -1.02. The van der Waals surface area contributed by atoms with Crippen LogP contribution in [0.2, 0.25) is 0 Å². The lowest BCUT2D eigenvalue weighted by atomic mass is 9.96. The third-order valence-electron chi connectivity index (χ3n) is 3.85. The Labute approximate surface area is 152 Å². The number of nitrogens with one attached hydrogen (secondary N) is 1. The van der Waals surface area contributed by atoms with E-state index in [0.717, 1.165) is 6.54 Å². The Kier molecular flexibility index (Phi) is 7.64. The predicted octanol–water partition coefficient (Wildman–Crippen LogP) is 4.77. The SMILES string of the molecule is C=CN(CC(C)(C)C)/C(C)=C/C(=C\CN[S@@+]([O-])C(C)(C)C)C1CC1. The number of allylic oxidation sites excluding steroid dienone is 3. The van der Waals surface area contributed by atoms with Crippen molar-refractivity contribution in [1.29, 1.82) is 0 Å². The maximum Gasteiger partial charge on any atom is 0.136 e. The molecule has 0 heterocycles. The zero-order valence-corrected chi connectivity index (χ0v) is 17.4. The van der Waals surface area contributed by atoms with Gasteiger partial charge in [-0.05, 0) is 69.7 Å². The molecule has 1 rings (SSSR count). The number of rotatable bonds is 8. The lowest BCUT2D eigenvalue weighted by Crippen LogP contribution is -2.39. The quantitative estimate of drug-likeness (QED) is 0.505. The van der Waals surface area contributed by atoms with Crippen LogP contribution < -0.4 is 4.72 Å². The standard InChI is InChI=1S/C20H36N2OS/c1-9-22(15-19(3,4)5)16(2)14-18(17-10-11-17)12-13-21-24(23)20(6,7)8/h9,12,14,17,21H,1,10-11,13,15H2,2-8H3/b16-14+,18-12+/t24-/m0/s1. The van der Waals surface area contributed by atoms with E-state index in [1.54, 1.807) is 0 Å². The molecular weight excluding hydrogens is 316 g/mol. The molecule has 4 heteroatoms. The molecule has 0 aliphatic heterocycles. The maximum absolute atomic E-state index is 12.1. The normalized spacial score (nSPS) is 18.5. The largest absolute Gasteiger partial charge is 0.598 e. The van der Waals surface area contributed by atoms with Gasteiger partial charge in [-0.3, -0.25) is 0 Å². The molecular formula is C20H36N2OS. The highest BCUT2D eigenvalue weighted by atomic mass is 32.2. The fraction of sp³-hybridized carbons (Fsp3) is 0.700. The van der Waals surface area contributed by atoms with E-state index in [0.29, 0.717) is 12.5 Å². The van der Waals surface area contributed by atoms with Crippen LogP contribution in [0.15, 0.2) is 36.2 Å². The maximum atomic E-state index is 12.1. The van der Waals surface area contributed by atoms with E-state index in [4.69, 9.17) is 0 Å². The van der Waals surface area contributed by atoms with Crippen molar-refractivity contribution in [2.45, 2.75) is 66.1 Å². The van der Waals surface area contributed by atoms with Crippen molar-refractivity contribution in [3.05, 3.63) is 36.2 Å². The van der Waals surface area contributed by atoms with Crippen LogP contribution in [0.5, 0.6) is 0 Å². The number of hydrogen-bond acceptors (Lipinski definition) is 3. The highest BCUT2D eigenvalue weighted by Crippen LogP contribution is 2.37. The topological polar surface area (TPSA) is 38.3 Å². The van der Waals surface area contributed by atoms with Crippen molar-refractivity contribution in [3.8, 4) is 0 Å². The molecule has 1 atom stereocenters. The second-order valence-electron chi connectivity index (χ2n) is 8.86. The van der Waals surface area contributed by atoms with Crippen LogP contribution >= 0.6 is 0 Å². The summed E-state index contributed by atoms with van der Waals surface area (Å²) in [6.45, 7) is 20.4. The molecule has 1 N–H and O–H groups in total. The Balaban J connectivity index is 2.77. The molecule has 1 saturated carbocycles. The monoisotopic (exact) mass is 352 g/mol. The Bertz CT molecular complexity index is 479. The third kappa shape index (κ3) is 7.91. The smallest absolute Gasteiger partial charge is 0.136 e. The van der Waals surface area contributed by atoms with Gasteiger partial charge in [0.05, 0.1) is 6.54 Å². The molecule has 3 nitrogen and oxygen atoms in total. The predicted molar refractivity (Wildman–Crippen MR) is 107 cm³/mol. The molecule has 0 aromatic rings. The Morgan fingerprint density at radius 3 is 2.25 bits per heavy atom. The second kappa shape index (κ2) is 8.59. The molecule has 0 bridgehead atoms. The Hall–Kier alpha value is -0.710. The summed E-state index contributed by atoms with van der Waals surface area (Å²) in [7, 11) is 0. The molecule has 1 aliphatic carbocycles. The van der Waals surface area contributed by atoms with E-state index < -0.39 is 11.4 Å². The summed E-state index contributed by atoms with van der Waals surface area (Å²) in [5.74, 6) is 0.658. The van der Waals surface area contributed by atoms with Gasteiger partial charge >= 0.3 is 0 Å². The fourth-order valence-electron chi connectivity index (χ4n) is 2.38.